The summed E-state index contributed by atoms with van der Waals surface area (Å²) in [4.78, 5) is 0. The van der Waals surface area contributed by atoms with Gasteiger partial charge in [-0.15, -0.1) is 0 Å². The molecule has 0 radical (unpaired) electrons. The molecular weight excluding hydrogens is 276 g/mol. The van der Waals surface area contributed by atoms with Gasteiger partial charge in [0.1, 0.15) is 0 Å². The second-order valence-corrected chi connectivity index (χ2v) is 18.8. The van der Waals surface area contributed by atoms with E-state index in [0.717, 1.165) is 0 Å². The smallest absolute Gasteiger partial charge is 0.320 e. The molecule has 1 saturated heterocycles. The van der Waals surface area contributed by atoms with Gasteiger partial charge in [-0.3, -0.25) is 0 Å². The molecule has 3 nitrogen and oxygen atoms in total. The molecule has 18 heavy (non-hydrogen) atoms. The van der Waals surface area contributed by atoms with E-state index in [-0.39, 0.29) is 0 Å². The molecule has 0 atom stereocenters. The van der Waals surface area contributed by atoms with Gasteiger partial charge in [0.05, 0.1) is 0 Å². The highest BCUT2D eigenvalue weighted by atomic mass is 28.5. The number of rotatable bonds is 3. The molecule has 1 heterocycles. The second-order valence-electron chi connectivity index (χ2n) is 6.82. The summed E-state index contributed by atoms with van der Waals surface area (Å²) in [5, 5.41) is 0. The van der Waals surface area contributed by atoms with Crippen LogP contribution >= 0.6 is 0 Å². The maximum atomic E-state index is 6.50. The third-order valence-corrected chi connectivity index (χ3v) is 20.4. The highest BCUT2D eigenvalue weighted by molar-refractivity contribution is 6.94. The van der Waals surface area contributed by atoms with Crippen molar-refractivity contribution in [1.29, 1.82) is 0 Å². The fraction of sp³-hybridized carbons (Fsp3) is 1.00. The molecule has 0 unspecified atom stereocenters. The largest absolute Gasteiger partial charge is 0.415 e. The van der Waals surface area contributed by atoms with Crippen molar-refractivity contribution in [2.24, 2.45) is 0 Å². The van der Waals surface area contributed by atoms with Gasteiger partial charge in [-0.2, -0.15) is 0 Å². The fourth-order valence-corrected chi connectivity index (χ4v) is 18.9. The molecule has 1 aliphatic rings. The van der Waals surface area contributed by atoms with Crippen LogP contribution in [0.15, 0.2) is 0 Å². The zero-order valence-corrected chi connectivity index (χ0v) is 16.5. The van der Waals surface area contributed by atoms with E-state index in [0.29, 0.717) is 16.6 Å². The molecule has 0 N–H and O–H groups in total. The first kappa shape index (κ1) is 16.6. The molecule has 1 fully saturated rings. The van der Waals surface area contributed by atoms with Gasteiger partial charge in [0.15, 0.2) is 0 Å². The van der Waals surface area contributed by atoms with E-state index >= 15 is 0 Å². The average molecular weight is 307 g/mol. The molecule has 0 saturated carbocycles. The zero-order chi connectivity index (χ0) is 14.4. The Hall–Kier alpha value is 0.531. The summed E-state index contributed by atoms with van der Waals surface area (Å²) in [6.45, 7) is 20.0. The predicted molar refractivity (Wildman–Crippen MR) is 83.4 cm³/mol. The van der Waals surface area contributed by atoms with Crippen LogP contribution in [0.4, 0.5) is 0 Å². The van der Waals surface area contributed by atoms with Crippen LogP contribution in [-0.2, 0) is 12.3 Å². The minimum atomic E-state index is -2.11. The zero-order valence-electron chi connectivity index (χ0n) is 13.5. The first-order chi connectivity index (χ1) is 7.95. The van der Waals surface area contributed by atoms with Crippen molar-refractivity contribution in [3.63, 3.8) is 0 Å². The molecule has 0 aromatic rings. The Balaban J connectivity index is 3.16. The van der Waals surface area contributed by atoms with Crippen LogP contribution in [-0.4, -0.2) is 25.7 Å². The number of hydrogen-bond acceptors (Lipinski definition) is 3. The lowest BCUT2D eigenvalue weighted by Gasteiger charge is -2.54. The first-order valence-corrected chi connectivity index (χ1v) is 14.2. The topological polar surface area (TPSA) is 27.7 Å². The third-order valence-electron chi connectivity index (χ3n) is 4.36. The third kappa shape index (κ3) is 2.99. The van der Waals surface area contributed by atoms with Crippen LogP contribution in [0.2, 0.25) is 36.3 Å². The van der Waals surface area contributed by atoms with Gasteiger partial charge in [0.2, 0.25) is 0 Å². The van der Waals surface area contributed by atoms with Gasteiger partial charge in [-0.1, -0.05) is 41.5 Å². The summed E-state index contributed by atoms with van der Waals surface area (Å²) in [7, 11) is -6.34. The van der Waals surface area contributed by atoms with Crippen LogP contribution in [0.25, 0.3) is 0 Å². The first-order valence-electron chi connectivity index (χ1n) is 7.05. The summed E-state index contributed by atoms with van der Waals surface area (Å²) in [6, 6.07) is 0. The predicted octanol–water partition coefficient (Wildman–Crippen LogP) is 4.50. The second kappa shape index (κ2) is 5.14. The van der Waals surface area contributed by atoms with E-state index in [1.807, 2.05) is 0 Å². The van der Waals surface area contributed by atoms with Crippen LogP contribution in [0.3, 0.4) is 0 Å². The molecule has 1 aliphatic heterocycles. The molecule has 0 amide bonds. The van der Waals surface area contributed by atoms with Crippen molar-refractivity contribution >= 4 is 25.7 Å². The van der Waals surface area contributed by atoms with Crippen molar-refractivity contribution < 1.29 is 12.3 Å². The standard InChI is InChI=1S/C12H30O3Si3/c1-10(2)16(7)13-17(8,11(3)4)15-18(9,14-16)12(5)6/h10-12H,1-9H3. The van der Waals surface area contributed by atoms with Crippen molar-refractivity contribution in [3.8, 4) is 0 Å². The lowest BCUT2D eigenvalue weighted by atomic mass is 10.6. The molecule has 108 valence electrons. The Kier molecular flexibility index (Phi) is 4.74. The van der Waals surface area contributed by atoms with Crippen LogP contribution in [0, 0.1) is 0 Å². The summed E-state index contributed by atoms with van der Waals surface area (Å²) < 4.78 is 19.5. The maximum Gasteiger partial charge on any atom is 0.320 e. The minimum Gasteiger partial charge on any atom is -0.415 e. The monoisotopic (exact) mass is 306 g/mol. The van der Waals surface area contributed by atoms with Crippen LogP contribution in [0.5, 0.6) is 0 Å². The van der Waals surface area contributed by atoms with Crippen molar-refractivity contribution in [2.75, 3.05) is 0 Å². The highest BCUT2D eigenvalue weighted by Crippen LogP contribution is 2.44. The Morgan fingerprint density at radius 3 is 0.778 bits per heavy atom. The molecule has 0 aromatic carbocycles. The molecule has 1 rings (SSSR count). The van der Waals surface area contributed by atoms with Gasteiger partial charge < -0.3 is 12.3 Å². The Bertz CT molecular complexity index is 251. The molecule has 0 bridgehead atoms. The summed E-state index contributed by atoms with van der Waals surface area (Å²) in [5.74, 6) is 0. The van der Waals surface area contributed by atoms with Crippen molar-refractivity contribution in [2.45, 2.75) is 77.8 Å². The quantitative estimate of drug-likeness (QED) is 0.719. The Morgan fingerprint density at radius 1 is 0.500 bits per heavy atom. The van der Waals surface area contributed by atoms with E-state index in [4.69, 9.17) is 12.3 Å². The SMILES string of the molecule is CC(C)[Si]1(C)O[Si](C)(C(C)C)O[Si](C)(C(C)C)O1. The molecule has 0 aliphatic carbocycles. The maximum absolute atomic E-state index is 6.50. The van der Waals surface area contributed by atoms with Crippen molar-refractivity contribution in [3.05, 3.63) is 0 Å². The van der Waals surface area contributed by atoms with Crippen LogP contribution in [0.1, 0.15) is 41.5 Å². The number of hydrogen-bond donors (Lipinski definition) is 0. The molecular formula is C12H30O3Si3. The summed E-state index contributed by atoms with van der Waals surface area (Å²) >= 11 is 0. The van der Waals surface area contributed by atoms with Crippen LogP contribution < -0.4 is 0 Å². The lowest BCUT2D eigenvalue weighted by molar-refractivity contribution is 0.205. The van der Waals surface area contributed by atoms with E-state index in [1.165, 1.54) is 0 Å². The fourth-order valence-electron chi connectivity index (χ4n) is 1.98. The summed E-state index contributed by atoms with van der Waals surface area (Å²) in [5.41, 5.74) is 1.41. The average Bonchev–Trinajstić information content (AvgIpc) is 2.14. The molecule has 6 heteroatoms. The van der Waals surface area contributed by atoms with Gasteiger partial charge in [-0.05, 0) is 36.3 Å². The van der Waals surface area contributed by atoms with Gasteiger partial charge >= 0.3 is 25.7 Å². The normalized spacial score (nSPS) is 42.0. The minimum absolute atomic E-state index is 0.470. The molecule has 0 spiro atoms. The Labute approximate surface area is 116 Å². The van der Waals surface area contributed by atoms with Gasteiger partial charge in [0.25, 0.3) is 0 Å². The lowest BCUT2D eigenvalue weighted by Crippen LogP contribution is -2.70. The van der Waals surface area contributed by atoms with Gasteiger partial charge in [0, 0.05) is 0 Å². The molecule has 0 aromatic heterocycles. The Morgan fingerprint density at radius 2 is 0.667 bits per heavy atom. The summed E-state index contributed by atoms with van der Waals surface area (Å²) in [6.07, 6.45) is 0. The van der Waals surface area contributed by atoms with Gasteiger partial charge in [-0.25, -0.2) is 0 Å². The van der Waals surface area contributed by atoms with E-state index in [2.05, 4.69) is 61.2 Å². The highest BCUT2D eigenvalue weighted by Gasteiger charge is 2.59. The van der Waals surface area contributed by atoms with Crippen molar-refractivity contribution in [1.82, 2.24) is 0 Å². The van der Waals surface area contributed by atoms with E-state index in [9.17, 15) is 0 Å². The van der Waals surface area contributed by atoms with E-state index < -0.39 is 25.7 Å². The van der Waals surface area contributed by atoms with E-state index in [1.54, 1.807) is 0 Å².